The molecule has 1 aliphatic heterocycles. The summed E-state index contributed by atoms with van der Waals surface area (Å²) in [5.41, 5.74) is -5.11. The summed E-state index contributed by atoms with van der Waals surface area (Å²) in [5.74, 6) is -2.95. The molecule has 4 aliphatic carbocycles. The van der Waals surface area contributed by atoms with Crippen molar-refractivity contribution in [2.24, 2.45) is 39.4 Å². The van der Waals surface area contributed by atoms with Gasteiger partial charge in [-0.25, -0.2) is 0 Å². The Bertz CT molecular complexity index is 1490. The fourth-order valence-electron chi connectivity index (χ4n) is 11.1. The van der Waals surface area contributed by atoms with Crippen molar-refractivity contribution in [3.8, 4) is 0 Å². The maximum atomic E-state index is 14.9. The van der Waals surface area contributed by atoms with Crippen LogP contribution in [0, 0.1) is 39.4 Å². The lowest BCUT2D eigenvalue weighted by molar-refractivity contribution is -0.292. The molecule has 3 saturated carbocycles. The Morgan fingerprint density at radius 3 is 2.18 bits per heavy atom. The Morgan fingerprint density at radius 2 is 1.59 bits per heavy atom. The number of hydrogen-bond acceptors (Lipinski definition) is 11. The van der Waals surface area contributed by atoms with Gasteiger partial charge in [0.2, 0.25) is 0 Å². The summed E-state index contributed by atoms with van der Waals surface area (Å²) in [4.78, 5) is 53.4. The first-order valence-corrected chi connectivity index (χ1v) is 18.6. The fourth-order valence-corrected chi connectivity index (χ4v) is 11.1. The molecule has 0 aromatic carbocycles. The third-order valence-corrected chi connectivity index (χ3v) is 13.8. The molecule has 0 amide bonds. The molecular formula is C40H60O11. The summed E-state index contributed by atoms with van der Waals surface area (Å²) in [6.07, 6.45) is 2.25. The highest BCUT2D eigenvalue weighted by atomic mass is 16.7. The number of fused-ring (bicyclic) bond motifs is 5. The van der Waals surface area contributed by atoms with Gasteiger partial charge in [-0.3, -0.25) is 19.2 Å². The molecule has 0 radical (unpaired) electrons. The molecule has 0 aromatic heterocycles. The van der Waals surface area contributed by atoms with E-state index in [1.165, 1.54) is 46.8 Å². The molecule has 5 aliphatic rings. The predicted octanol–water partition coefficient (Wildman–Crippen LogP) is 4.77. The Balaban J connectivity index is 1.63. The molecule has 0 bridgehead atoms. The number of allylic oxidation sites excluding steroid dienone is 1. The smallest absolute Gasteiger partial charge is 0.303 e. The Kier molecular flexibility index (Phi) is 10.2. The number of ketones is 2. The van der Waals surface area contributed by atoms with E-state index >= 15 is 0 Å². The molecule has 0 unspecified atom stereocenters. The third-order valence-electron chi connectivity index (χ3n) is 13.8. The zero-order chi connectivity index (χ0) is 38.3. The zero-order valence-corrected chi connectivity index (χ0v) is 32.3. The largest absolute Gasteiger partial charge is 0.458 e. The molecule has 3 N–H and O–H groups in total. The van der Waals surface area contributed by atoms with E-state index in [2.05, 4.69) is 19.9 Å². The molecule has 51 heavy (non-hydrogen) atoms. The van der Waals surface area contributed by atoms with E-state index in [-0.39, 0.29) is 30.5 Å². The Hall–Kier alpha value is -2.44. The minimum atomic E-state index is -2.06. The van der Waals surface area contributed by atoms with Gasteiger partial charge in [0.05, 0.1) is 23.9 Å². The molecule has 11 nitrogen and oxygen atoms in total. The predicted molar refractivity (Wildman–Crippen MR) is 187 cm³/mol. The molecule has 13 atom stereocenters. The van der Waals surface area contributed by atoms with Crippen LogP contribution in [0.25, 0.3) is 0 Å². The number of Topliss-reactive ketones (excluding diaryl/α,β-unsaturated/α-hetero) is 1. The number of aliphatic hydroxyl groups is 3. The van der Waals surface area contributed by atoms with E-state index in [4.69, 9.17) is 18.9 Å². The van der Waals surface area contributed by atoms with Crippen molar-refractivity contribution < 1.29 is 53.4 Å². The summed E-state index contributed by atoms with van der Waals surface area (Å²) in [7, 11) is 0. The highest BCUT2D eigenvalue weighted by molar-refractivity contribution is 5.97. The first-order chi connectivity index (χ1) is 23.3. The average Bonchev–Trinajstić information content (AvgIpc) is 3.21. The van der Waals surface area contributed by atoms with Gasteiger partial charge in [-0.15, -0.1) is 0 Å². The van der Waals surface area contributed by atoms with Gasteiger partial charge in [0.15, 0.2) is 18.2 Å². The van der Waals surface area contributed by atoms with Gasteiger partial charge in [0, 0.05) is 43.4 Å². The van der Waals surface area contributed by atoms with E-state index in [1.807, 2.05) is 20.8 Å². The second kappa shape index (κ2) is 13.1. The van der Waals surface area contributed by atoms with Crippen LogP contribution in [0.2, 0.25) is 0 Å². The minimum Gasteiger partial charge on any atom is -0.458 e. The maximum absolute atomic E-state index is 14.9. The van der Waals surface area contributed by atoms with Crippen molar-refractivity contribution in [2.45, 2.75) is 163 Å². The van der Waals surface area contributed by atoms with Crippen LogP contribution < -0.4 is 0 Å². The quantitative estimate of drug-likeness (QED) is 0.180. The summed E-state index contributed by atoms with van der Waals surface area (Å²) < 4.78 is 24.4. The van der Waals surface area contributed by atoms with Crippen LogP contribution in [0.15, 0.2) is 23.8 Å². The fraction of sp³-hybridized carbons (Fsp3) is 0.800. The highest BCUT2D eigenvalue weighted by Crippen LogP contribution is 2.74. The van der Waals surface area contributed by atoms with Gasteiger partial charge in [0.25, 0.3) is 0 Å². The Morgan fingerprint density at radius 1 is 0.961 bits per heavy atom. The highest BCUT2D eigenvalue weighted by Gasteiger charge is 2.75. The van der Waals surface area contributed by atoms with Crippen molar-refractivity contribution in [2.75, 3.05) is 0 Å². The monoisotopic (exact) mass is 716 g/mol. The molecule has 1 heterocycles. The number of carbonyl (C=O) groups excluding carboxylic acids is 4. The average molecular weight is 717 g/mol. The standard InChI is InChI=1S/C40H60O11/c1-21-18-26(49-22(2)41)32(50-23(3)42)34(48-21)51-27-19-37(8)28-14-12-24-25(13-15-29(43)36(24,6)7)39(28,10)31(45)20-38(37,9)33(27)40(11,47)30(44)16-17-35(4,5)46/h12,16-17,21,25-29,32-34,43,46-47H,13-15,18-20H2,1-11H3/b17-16+/t21-,25+,26-,27+,28-,29-,32-,33-,34-,37-,38+,39-,40-/m0/s1. The molecule has 11 heteroatoms. The number of rotatable bonds is 8. The van der Waals surface area contributed by atoms with Gasteiger partial charge in [-0.05, 0) is 82.1 Å². The Labute approximate surface area is 302 Å². The van der Waals surface area contributed by atoms with Crippen molar-refractivity contribution in [1.29, 1.82) is 0 Å². The molecule has 0 spiro atoms. The van der Waals surface area contributed by atoms with E-state index in [0.717, 1.165) is 5.57 Å². The van der Waals surface area contributed by atoms with Gasteiger partial charge in [0.1, 0.15) is 17.5 Å². The van der Waals surface area contributed by atoms with Crippen LogP contribution in [0.3, 0.4) is 0 Å². The van der Waals surface area contributed by atoms with Gasteiger partial charge in [-0.2, -0.15) is 0 Å². The van der Waals surface area contributed by atoms with Crippen LogP contribution in [-0.4, -0.2) is 86.8 Å². The molecular weight excluding hydrogens is 656 g/mol. The lowest BCUT2D eigenvalue weighted by Gasteiger charge is -2.64. The molecule has 1 saturated heterocycles. The normalized spacial score (nSPS) is 43.3. The summed E-state index contributed by atoms with van der Waals surface area (Å²) in [5, 5.41) is 33.8. The van der Waals surface area contributed by atoms with E-state index in [1.54, 1.807) is 6.92 Å². The summed E-state index contributed by atoms with van der Waals surface area (Å²) in [6.45, 7) is 19.1. The number of hydrogen-bond donors (Lipinski definition) is 3. The molecule has 0 aromatic rings. The lowest BCUT2D eigenvalue weighted by atomic mass is 9.38. The summed E-state index contributed by atoms with van der Waals surface area (Å²) >= 11 is 0. The maximum Gasteiger partial charge on any atom is 0.303 e. The number of carbonyl (C=O) groups is 4. The minimum absolute atomic E-state index is 0.0615. The number of ether oxygens (including phenoxy) is 4. The van der Waals surface area contributed by atoms with Crippen molar-refractivity contribution in [3.63, 3.8) is 0 Å². The van der Waals surface area contributed by atoms with Crippen LogP contribution in [0.5, 0.6) is 0 Å². The van der Waals surface area contributed by atoms with Crippen LogP contribution in [-0.2, 0) is 38.1 Å². The first-order valence-electron chi connectivity index (χ1n) is 18.6. The second-order valence-electron chi connectivity index (χ2n) is 18.2. The van der Waals surface area contributed by atoms with Crippen LogP contribution in [0.4, 0.5) is 0 Å². The van der Waals surface area contributed by atoms with Crippen molar-refractivity contribution in [1.82, 2.24) is 0 Å². The second-order valence-corrected chi connectivity index (χ2v) is 18.2. The topological polar surface area (TPSA) is 166 Å². The summed E-state index contributed by atoms with van der Waals surface area (Å²) in [6, 6.07) is 0. The van der Waals surface area contributed by atoms with Gasteiger partial charge in [-0.1, -0.05) is 52.3 Å². The molecule has 4 fully saturated rings. The third kappa shape index (κ3) is 6.57. The van der Waals surface area contributed by atoms with E-state index in [0.29, 0.717) is 25.7 Å². The zero-order valence-electron chi connectivity index (χ0n) is 32.3. The van der Waals surface area contributed by atoms with Gasteiger partial charge < -0.3 is 34.3 Å². The SMILES string of the molecule is CC(=O)O[C@@H]1[C@H](O[C@@H]2C[C@@]3(C)[C@@H]4CC=C5[C@@H](CC[C@H](O)C5(C)C)[C@]4(C)C(=O)C[C@]3(C)[C@H]2[C@@](C)(O)C(=O)/C=C/C(C)(C)O)O[C@@H](C)C[C@@H]1OC(C)=O. The van der Waals surface area contributed by atoms with Crippen molar-refractivity contribution in [3.05, 3.63) is 23.8 Å². The number of aliphatic hydroxyl groups excluding tert-OH is 1. The van der Waals surface area contributed by atoms with E-state index in [9.17, 15) is 34.5 Å². The van der Waals surface area contributed by atoms with Gasteiger partial charge >= 0.3 is 11.9 Å². The lowest BCUT2D eigenvalue weighted by Crippen LogP contribution is -2.65. The molecule has 5 rings (SSSR count). The number of esters is 2. The molecule has 286 valence electrons. The first kappa shape index (κ1) is 39.8. The van der Waals surface area contributed by atoms with Crippen LogP contribution in [0.1, 0.15) is 115 Å². The van der Waals surface area contributed by atoms with Crippen LogP contribution >= 0.6 is 0 Å². The van der Waals surface area contributed by atoms with E-state index < -0.39 is 93.3 Å². The van der Waals surface area contributed by atoms with Crippen molar-refractivity contribution >= 4 is 23.5 Å².